The fourth-order valence-corrected chi connectivity index (χ4v) is 1.46. The Labute approximate surface area is 98.7 Å². The van der Waals surface area contributed by atoms with E-state index in [1.54, 1.807) is 12.1 Å². The number of nitrogen functional groups attached to an aromatic ring is 1. The van der Waals surface area contributed by atoms with Gasteiger partial charge in [0.1, 0.15) is 11.4 Å². The largest absolute Gasteiger partial charge is 0.396 e. The zero-order valence-electron chi connectivity index (χ0n) is 9.35. The van der Waals surface area contributed by atoms with Crippen molar-refractivity contribution in [3.63, 3.8) is 0 Å². The summed E-state index contributed by atoms with van der Waals surface area (Å²) in [5.41, 5.74) is 2.91. The molecule has 17 heavy (non-hydrogen) atoms. The Bertz CT molecular complexity index is 384. The lowest BCUT2D eigenvalue weighted by Gasteiger charge is -2.09. The molecule has 0 saturated carbocycles. The summed E-state index contributed by atoms with van der Waals surface area (Å²) < 4.78 is 0. The van der Waals surface area contributed by atoms with Crippen LogP contribution in [-0.4, -0.2) is 23.2 Å². The second-order valence-corrected chi connectivity index (χ2v) is 3.46. The number of hydrazine groups is 1. The highest BCUT2D eigenvalue weighted by Crippen LogP contribution is 2.31. The number of hydrogen-bond donors (Lipinski definition) is 4. The first-order valence-electron chi connectivity index (χ1n) is 5.29. The summed E-state index contributed by atoms with van der Waals surface area (Å²) in [5, 5.41) is 22.5. The van der Waals surface area contributed by atoms with Crippen LogP contribution in [0.15, 0.2) is 18.2 Å². The zero-order chi connectivity index (χ0) is 12.7. The number of rotatable bonds is 7. The topological polar surface area (TPSA) is 113 Å². The molecule has 0 spiro atoms. The average Bonchev–Trinajstić information content (AvgIpc) is 2.33. The monoisotopic (exact) mass is 240 g/mol. The Morgan fingerprint density at radius 1 is 1.35 bits per heavy atom. The second kappa shape index (κ2) is 6.66. The van der Waals surface area contributed by atoms with Crippen molar-refractivity contribution in [2.24, 2.45) is 5.84 Å². The number of anilines is 2. The molecule has 0 radical (unpaired) electrons. The molecule has 0 heterocycles. The SMILES string of the molecule is NNc1cccc(NCCCCO)c1[N+](=O)[O-]. The first-order valence-corrected chi connectivity index (χ1v) is 5.29. The number of aliphatic hydroxyl groups is 1. The van der Waals surface area contributed by atoms with Gasteiger partial charge in [0.05, 0.1) is 4.92 Å². The lowest BCUT2D eigenvalue weighted by molar-refractivity contribution is -0.383. The summed E-state index contributed by atoms with van der Waals surface area (Å²) >= 11 is 0. The van der Waals surface area contributed by atoms with Crippen LogP contribution in [0.4, 0.5) is 17.1 Å². The molecule has 0 aliphatic rings. The molecule has 94 valence electrons. The summed E-state index contributed by atoms with van der Waals surface area (Å²) in [6, 6.07) is 4.84. The highest BCUT2D eigenvalue weighted by atomic mass is 16.6. The molecule has 5 N–H and O–H groups in total. The van der Waals surface area contributed by atoms with Crippen LogP contribution in [0.3, 0.4) is 0 Å². The molecule has 7 nitrogen and oxygen atoms in total. The number of nitro benzene ring substituents is 1. The van der Waals surface area contributed by atoms with Crippen molar-refractivity contribution in [1.29, 1.82) is 0 Å². The predicted molar refractivity (Wildman–Crippen MR) is 65.7 cm³/mol. The molecular weight excluding hydrogens is 224 g/mol. The van der Waals surface area contributed by atoms with E-state index in [2.05, 4.69) is 10.7 Å². The van der Waals surface area contributed by atoms with Crippen LogP contribution in [-0.2, 0) is 0 Å². The van der Waals surface area contributed by atoms with E-state index in [1.165, 1.54) is 6.07 Å². The molecule has 1 aromatic carbocycles. The Morgan fingerprint density at radius 3 is 2.65 bits per heavy atom. The molecule has 7 heteroatoms. The first-order chi connectivity index (χ1) is 8.20. The summed E-state index contributed by atoms with van der Waals surface area (Å²) in [6.07, 6.45) is 1.41. The van der Waals surface area contributed by atoms with Gasteiger partial charge in [0.25, 0.3) is 0 Å². The number of nitrogens with two attached hydrogens (primary N) is 1. The summed E-state index contributed by atoms with van der Waals surface area (Å²) in [7, 11) is 0. The maximum absolute atomic E-state index is 10.9. The van der Waals surface area contributed by atoms with E-state index in [-0.39, 0.29) is 18.0 Å². The van der Waals surface area contributed by atoms with Crippen molar-refractivity contribution < 1.29 is 10.0 Å². The van der Waals surface area contributed by atoms with Gasteiger partial charge >= 0.3 is 5.69 Å². The van der Waals surface area contributed by atoms with Crippen molar-refractivity contribution in [3.8, 4) is 0 Å². The maximum atomic E-state index is 10.9. The number of benzene rings is 1. The molecule has 0 aliphatic carbocycles. The Hall–Kier alpha value is -1.86. The van der Waals surface area contributed by atoms with E-state index < -0.39 is 4.92 Å². The van der Waals surface area contributed by atoms with Gasteiger partial charge in [-0.1, -0.05) is 6.07 Å². The van der Waals surface area contributed by atoms with Crippen LogP contribution >= 0.6 is 0 Å². The number of nitrogens with zero attached hydrogens (tertiary/aromatic N) is 1. The second-order valence-electron chi connectivity index (χ2n) is 3.46. The van der Waals surface area contributed by atoms with Gasteiger partial charge in [0.2, 0.25) is 0 Å². The smallest absolute Gasteiger partial charge is 0.316 e. The van der Waals surface area contributed by atoms with E-state index in [1.807, 2.05) is 0 Å². The highest BCUT2D eigenvalue weighted by molar-refractivity contribution is 5.75. The molecule has 0 fully saturated rings. The van der Waals surface area contributed by atoms with Crippen LogP contribution < -0.4 is 16.6 Å². The molecule has 0 atom stereocenters. The van der Waals surface area contributed by atoms with Gasteiger partial charge in [-0.05, 0) is 25.0 Å². The highest BCUT2D eigenvalue weighted by Gasteiger charge is 2.18. The molecule has 0 saturated heterocycles. The van der Waals surface area contributed by atoms with Crippen LogP contribution in [0.25, 0.3) is 0 Å². The van der Waals surface area contributed by atoms with Crippen molar-refractivity contribution >= 4 is 17.1 Å². The number of para-hydroxylation sites is 1. The summed E-state index contributed by atoms with van der Waals surface area (Å²) in [6.45, 7) is 0.684. The van der Waals surface area contributed by atoms with Gasteiger partial charge in [-0.25, -0.2) is 0 Å². The van der Waals surface area contributed by atoms with Gasteiger partial charge in [0.15, 0.2) is 0 Å². The van der Waals surface area contributed by atoms with E-state index in [4.69, 9.17) is 10.9 Å². The summed E-state index contributed by atoms with van der Waals surface area (Å²) in [5.74, 6) is 5.22. The van der Waals surface area contributed by atoms with E-state index >= 15 is 0 Å². The third-order valence-electron chi connectivity index (χ3n) is 2.27. The van der Waals surface area contributed by atoms with Gasteiger partial charge in [-0.3, -0.25) is 16.0 Å². The standard InChI is InChI=1S/C10H16N4O3/c11-13-9-5-3-4-8(10(9)14(16)17)12-6-1-2-7-15/h3-5,12-13,15H,1-2,6-7,11H2. The normalized spacial score (nSPS) is 10.0. The third kappa shape index (κ3) is 3.58. The Morgan fingerprint density at radius 2 is 2.06 bits per heavy atom. The number of aliphatic hydroxyl groups excluding tert-OH is 1. The van der Waals surface area contributed by atoms with Crippen LogP contribution in [0.2, 0.25) is 0 Å². The fourth-order valence-electron chi connectivity index (χ4n) is 1.46. The Balaban J connectivity index is 2.79. The molecule has 0 bridgehead atoms. The molecule has 1 aromatic rings. The van der Waals surface area contributed by atoms with Gasteiger partial charge in [-0.2, -0.15) is 0 Å². The van der Waals surface area contributed by atoms with E-state index in [9.17, 15) is 10.1 Å². The molecular formula is C10H16N4O3. The molecule has 0 aromatic heterocycles. The minimum Gasteiger partial charge on any atom is -0.396 e. The minimum atomic E-state index is -0.483. The molecule has 0 unspecified atom stereocenters. The van der Waals surface area contributed by atoms with Crippen molar-refractivity contribution in [2.45, 2.75) is 12.8 Å². The fraction of sp³-hybridized carbons (Fsp3) is 0.400. The van der Waals surface area contributed by atoms with Crippen LogP contribution in [0.1, 0.15) is 12.8 Å². The van der Waals surface area contributed by atoms with Crippen molar-refractivity contribution in [3.05, 3.63) is 28.3 Å². The quantitative estimate of drug-likeness (QED) is 0.245. The lowest BCUT2D eigenvalue weighted by Crippen LogP contribution is -2.11. The molecule has 1 rings (SSSR count). The lowest BCUT2D eigenvalue weighted by atomic mass is 10.2. The van der Waals surface area contributed by atoms with Crippen molar-refractivity contribution in [1.82, 2.24) is 0 Å². The van der Waals surface area contributed by atoms with Crippen LogP contribution in [0.5, 0.6) is 0 Å². The van der Waals surface area contributed by atoms with Crippen LogP contribution in [0, 0.1) is 10.1 Å². The first kappa shape index (κ1) is 13.2. The average molecular weight is 240 g/mol. The predicted octanol–water partition coefficient (Wildman–Crippen LogP) is 1.06. The zero-order valence-corrected chi connectivity index (χ0v) is 9.35. The van der Waals surface area contributed by atoms with Gasteiger partial charge in [-0.15, -0.1) is 0 Å². The van der Waals surface area contributed by atoms with E-state index in [0.717, 1.165) is 6.42 Å². The Kier molecular flexibility index (Phi) is 5.18. The third-order valence-corrected chi connectivity index (χ3v) is 2.27. The van der Waals surface area contributed by atoms with Gasteiger partial charge in [0, 0.05) is 13.2 Å². The number of hydrogen-bond acceptors (Lipinski definition) is 6. The molecule has 0 aliphatic heterocycles. The number of nitrogens with one attached hydrogen (secondary N) is 2. The van der Waals surface area contributed by atoms with E-state index in [0.29, 0.717) is 18.7 Å². The van der Waals surface area contributed by atoms with Gasteiger partial charge < -0.3 is 15.8 Å². The number of nitro groups is 1. The van der Waals surface area contributed by atoms with Crippen molar-refractivity contribution in [2.75, 3.05) is 23.9 Å². The molecule has 0 amide bonds. The maximum Gasteiger partial charge on any atom is 0.316 e. The minimum absolute atomic E-state index is 0.0704. The summed E-state index contributed by atoms with van der Waals surface area (Å²) in [4.78, 5) is 10.4. The number of unbranched alkanes of at least 4 members (excludes halogenated alkanes) is 1.